The topological polar surface area (TPSA) is 46.5 Å². The predicted molar refractivity (Wildman–Crippen MR) is 62.0 cm³/mol. The summed E-state index contributed by atoms with van der Waals surface area (Å²) >= 11 is 1.83. The molecular weight excluding hydrogens is 212 g/mol. The van der Waals surface area contributed by atoms with Crippen molar-refractivity contribution in [3.05, 3.63) is 0 Å². The van der Waals surface area contributed by atoms with Crippen LogP contribution in [-0.2, 0) is 9.53 Å². The first-order valence-corrected chi connectivity index (χ1v) is 6.48. The minimum Gasteiger partial charge on any atom is -0.460 e. The van der Waals surface area contributed by atoms with Crippen LogP contribution in [0.25, 0.3) is 0 Å². The molecule has 1 rings (SSSR count). The van der Waals surface area contributed by atoms with E-state index in [1.165, 1.54) is 0 Å². The van der Waals surface area contributed by atoms with Crippen LogP contribution < -0.4 is 0 Å². The van der Waals surface area contributed by atoms with E-state index in [-0.39, 0.29) is 12.4 Å². The molecule has 0 bridgehead atoms. The lowest BCUT2D eigenvalue weighted by Crippen LogP contribution is -2.38. The lowest BCUT2D eigenvalue weighted by atomic mass is 9.93. The van der Waals surface area contributed by atoms with Crippen molar-refractivity contribution in [2.24, 2.45) is 0 Å². The highest BCUT2D eigenvalue weighted by Gasteiger charge is 2.33. The fourth-order valence-corrected chi connectivity index (χ4v) is 2.83. The van der Waals surface area contributed by atoms with Crippen LogP contribution in [0.15, 0.2) is 0 Å². The largest absolute Gasteiger partial charge is 0.460 e. The first kappa shape index (κ1) is 12.8. The lowest BCUT2D eigenvalue weighted by Gasteiger charge is -2.31. The summed E-state index contributed by atoms with van der Waals surface area (Å²) in [5.74, 6) is 1.57. The molecule has 1 N–H and O–H groups in total. The first-order chi connectivity index (χ1) is 6.81. The van der Waals surface area contributed by atoms with Gasteiger partial charge in [0.2, 0.25) is 0 Å². The third kappa shape index (κ3) is 4.89. The first-order valence-electron chi connectivity index (χ1n) is 5.33. The second-order valence-electron chi connectivity index (χ2n) is 5.10. The number of ether oxygens (including phenoxy) is 1. The van der Waals surface area contributed by atoms with Crippen molar-refractivity contribution >= 4 is 17.7 Å². The Kier molecular flexibility index (Phi) is 4.06. The van der Waals surface area contributed by atoms with E-state index >= 15 is 0 Å². The van der Waals surface area contributed by atoms with Gasteiger partial charge < -0.3 is 9.84 Å². The smallest absolute Gasteiger partial charge is 0.309 e. The standard InChI is InChI=1S/C11H20O3S/c1-10(2,3)14-9(12)8-11(13)4-6-15-7-5-11/h13H,4-8H2,1-3H3. The zero-order valence-electron chi connectivity index (χ0n) is 9.71. The Bertz CT molecular complexity index is 226. The maximum absolute atomic E-state index is 11.5. The lowest BCUT2D eigenvalue weighted by molar-refractivity contribution is -0.160. The second-order valence-corrected chi connectivity index (χ2v) is 6.32. The molecule has 1 fully saturated rings. The molecule has 0 aromatic heterocycles. The Hall–Kier alpha value is -0.220. The average Bonchev–Trinajstić information content (AvgIpc) is 1.99. The molecule has 0 amide bonds. The summed E-state index contributed by atoms with van der Waals surface area (Å²) in [6.45, 7) is 5.52. The minimum absolute atomic E-state index is 0.130. The maximum atomic E-state index is 11.5. The maximum Gasteiger partial charge on any atom is 0.309 e. The molecule has 0 aliphatic carbocycles. The molecule has 0 atom stereocenters. The van der Waals surface area contributed by atoms with Crippen LogP contribution in [0, 0.1) is 0 Å². The van der Waals surface area contributed by atoms with E-state index in [9.17, 15) is 9.90 Å². The number of thioether (sulfide) groups is 1. The predicted octanol–water partition coefficient (Wildman–Crippen LogP) is 1.98. The number of aliphatic hydroxyl groups is 1. The molecule has 1 saturated heterocycles. The van der Waals surface area contributed by atoms with E-state index in [0.717, 1.165) is 11.5 Å². The summed E-state index contributed by atoms with van der Waals surface area (Å²) in [7, 11) is 0. The van der Waals surface area contributed by atoms with E-state index in [4.69, 9.17) is 4.74 Å². The van der Waals surface area contributed by atoms with Crippen LogP contribution >= 0.6 is 11.8 Å². The number of carbonyl (C=O) groups excluding carboxylic acids is 1. The van der Waals surface area contributed by atoms with Crippen molar-refractivity contribution in [2.75, 3.05) is 11.5 Å². The molecule has 0 unspecified atom stereocenters. The highest BCUT2D eigenvalue weighted by atomic mass is 32.2. The highest BCUT2D eigenvalue weighted by Crippen LogP contribution is 2.30. The molecule has 3 nitrogen and oxygen atoms in total. The van der Waals surface area contributed by atoms with Gasteiger partial charge in [0.15, 0.2) is 0 Å². The van der Waals surface area contributed by atoms with Crippen LogP contribution in [0.1, 0.15) is 40.0 Å². The van der Waals surface area contributed by atoms with Gasteiger partial charge in [-0.25, -0.2) is 0 Å². The zero-order valence-corrected chi connectivity index (χ0v) is 10.5. The van der Waals surface area contributed by atoms with Crippen molar-refractivity contribution in [1.29, 1.82) is 0 Å². The van der Waals surface area contributed by atoms with Gasteiger partial charge in [-0.3, -0.25) is 4.79 Å². The van der Waals surface area contributed by atoms with Gasteiger partial charge in [-0.15, -0.1) is 0 Å². The molecule has 1 aliphatic heterocycles. The number of rotatable bonds is 2. The normalized spacial score (nSPS) is 21.1. The number of hydrogen-bond donors (Lipinski definition) is 1. The van der Waals surface area contributed by atoms with Crippen LogP contribution in [-0.4, -0.2) is 33.8 Å². The van der Waals surface area contributed by atoms with E-state index in [0.29, 0.717) is 12.8 Å². The number of esters is 1. The summed E-state index contributed by atoms with van der Waals surface area (Å²) in [4.78, 5) is 11.5. The summed E-state index contributed by atoms with van der Waals surface area (Å²) in [5.41, 5.74) is -1.29. The molecule has 0 spiro atoms. The summed E-state index contributed by atoms with van der Waals surface area (Å²) in [6, 6.07) is 0. The highest BCUT2D eigenvalue weighted by molar-refractivity contribution is 7.99. The van der Waals surface area contributed by atoms with Crippen LogP contribution in [0.5, 0.6) is 0 Å². The quantitative estimate of drug-likeness (QED) is 0.739. The van der Waals surface area contributed by atoms with Gasteiger partial charge in [0.05, 0.1) is 12.0 Å². The third-order valence-corrected chi connectivity index (χ3v) is 3.30. The van der Waals surface area contributed by atoms with Gasteiger partial charge in [0.1, 0.15) is 5.60 Å². The summed E-state index contributed by atoms with van der Waals surface area (Å²) in [5, 5.41) is 10.1. The number of hydrogen-bond acceptors (Lipinski definition) is 4. The Morgan fingerprint density at radius 3 is 2.40 bits per heavy atom. The summed E-state index contributed by atoms with van der Waals surface area (Å²) < 4.78 is 5.20. The van der Waals surface area contributed by atoms with E-state index in [1.54, 1.807) is 0 Å². The Balaban J connectivity index is 2.42. The van der Waals surface area contributed by atoms with Gasteiger partial charge in [0, 0.05) is 0 Å². The molecule has 15 heavy (non-hydrogen) atoms. The van der Waals surface area contributed by atoms with E-state index < -0.39 is 11.2 Å². The molecular formula is C11H20O3S. The molecule has 1 heterocycles. The van der Waals surface area contributed by atoms with E-state index in [1.807, 2.05) is 32.5 Å². The van der Waals surface area contributed by atoms with Gasteiger partial charge in [-0.05, 0) is 45.1 Å². The minimum atomic E-state index is -0.826. The van der Waals surface area contributed by atoms with Crippen molar-refractivity contribution in [3.63, 3.8) is 0 Å². The van der Waals surface area contributed by atoms with Gasteiger partial charge in [-0.2, -0.15) is 11.8 Å². The Labute approximate surface area is 95.6 Å². The molecule has 0 aromatic carbocycles. The Morgan fingerprint density at radius 2 is 1.93 bits per heavy atom. The van der Waals surface area contributed by atoms with Gasteiger partial charge in [-0.1, -0.05) is 0 Å². The van der Waals surface area contributed by atoms with Crippen molar-refractivity contribution in [1.82, 2.24) is 0 Å². The molecule has 4 heteroatoms. The van der Waals surface area contributed by atoms with E-state index in [2.05, 4.69) is 0 Å². The monoisotopic (exact) mass is 232 g/mol. The fraction of sp³-hybridized carbons (Fsp3) is 0.909. The van der Waals surface area contributed by atoms with Crippen LogP contribution in [0.4, 0.5) is 0 Å². The molecule has 0 aromatic rings. The van der Waals surface area contributed by atoms with Crippen molar-refractivity contribution in [2.45, 2.75) is 51.2 Å². The van der Waals surface area contributed by atoms with Crippen LogP contribution in [0.3, 0.4) is 0 Å². The summed E-state index contributed by atoms with van der Waals surface area (Å²) in [6.07, 6.45) is 1.51. The molecule has 88 valence electrons. The van der Waals surface area contributed by atoms with Crippen LogP contribution in [0.2, 0.25) is 0 Å². The molecule has 0 saturated carbocycles. The Morgan fingerprint density at radius 1 is 1.40 bits per heavy atom. The molecule has 0 radical (unpaired) electrons. The third-order valence-electron chi connectivity index (χ3n) is 2.32. The molecule has 1 aliphatic rings. The zero-order chi connectivity index (χ0) is 11.5. The van der Waals surface area contributed by atoms with Crippen molar-refractivity contribution in [3.8, 4) is 0 Å². The number of carbonyl (C=O) groups is 1. The van der Waals surface area contributed by atoms with Gasteiger partial charge in [0.25, 0.3) is 0 Å². The fourth-order valence-electron chi connectivity index (χ4n) is 1.57. The average molecular weight is 232 g/mol. The van der Waals surface area contributed by atoms with Crippen molar-refractivity contribution < 1.29 is 14.6 Å². The van der Waals surface area contributed by atoms with Gasteiger partial charge >= 0.3 is 5.97 Å². The SMILES string of the molecule is CC(C)(C)OC(=O)CC1(O)CCSCC1. The second kappa shape index (κ2) is 4.74.